The van der Waals surface area contributed by atoms with Crippen LogP contribution in [0.5, 0.6) is 0 Å². The number of carbonyl (C=O) groups excluding carboxylic acids is 2. The third-order valence-electron chi connectivity index (χ3n) is 3.48. The Bertz CT molecular complexity index is 769. The van der Waals surface area contributed by atoms with Crippen molar-refractivity contribution in [1.29, 1.82) is 0 Å². The average Bonchev–Trinajstić information content (AvgIpc) is 2.84. The van der Waals surface area contributed by atoms with Crippen molar-refractivity contribution in [3.05, 3.63) is 35.3 Å². The van der Waals surface area contributed by atoms with E-state index in [9.17, 15) is 14.0 Å². The van der Waals surface area contributed by atoms with Crippen molar-refractivity contribution < 1.29 is 18.4 Å². The number of hydrogen-bond acceptors (Lipinski definition) is 3. The second-order valence-corrected chi connectivity index (χ2v) is 4.64. The molecule has 2 amide bonds. The predicted octanol–water partition coefficient (Wildman–Crippen LogP) is 2.07. The minimum atomic E-state index is -0.600. The number of hydrogen-bond donors (Lipinski definition) is 1. The molecule has 0 aliphatic carbocycles. The zero-order chi connectivity index (χ0) is 14.3. The lowest BCUT2D eigenvalue weighted by Crippen LogP contribution is -2.39. The Morgan fingerprint density at radius 1 is 1.40 bits per heavy atom. The van der Waals surface area contributed by atoms with Crippen LogP contribution in [-0.2, 0) is 9.59 Å². The highest BCUT2D eigenvalue weighted by molar-refractivity contribution is 6.02. The van der Waals surface area contributed by atoms with Crippen molar-refractivity contribution in [1.82, 2.24) is 5.32 Å². The van der Waals surface area contributed by atoms with E-state index in [4.69, 9.17) is 10.8 Å². The van der Waals surface area contributed by atoms with E-state index in [-0.39, 0.29) is 23.3 Å². The molecule has 1 N–H and O–H groups in total. The Balaban J connectivity index is 2.15. The number of nitrogens with one attached hydrogen (secondary N) is 1. The van der Waals surface area contributed by atoms with E-state index in [1.807, 2.05) is 0 Å². The lowest BCUT2D eigenvalue weighted by atomic mass is 9.90. The van der Waals surface area contributed by atoms with Crippen LogP contribution in [0.4, 0.5) is 4.39 Å². The Labute approximate surface area is 113 Å². The molecular formula is C15H10FNO3. The zero-order valence-corrected chi connectivity index (χ0v) is 10.4. The summed E-state index contributed by atoms with van der Waals surface area (Å²) < 4.78 is 19.6. The summed E-state index contributed by atoms with van der Waals surface area (Å²) in [6.45, 7) is 0. The lowest BCUT2D eigenvalue weighted by molar-refractivity contribution is -0.134. The van der Waals surface area contributed by atoms with Gasteiger partial charge in [0.05, 0.1) is 23.1 Å². The molecule has 3 rings (SSSR count). The number of fused-ring (bicyclic) bond motifs is 1. The number of imide groups is 1. The molecule has 100 valence electrons. The molecule has 2 heterocycles. The summed E-state index contributed by atoms with van der Waals surface area (Å²) >= 11 is 0. The molecule has 1 aliphatic rings. The molecule has 1 aromatic carbocycles. The summed E-state index contributed by atoms with van der Waals surface area (Å²) in [7, 11) is 0. The minimum Gasteiger partial charge on any atom is -0.464 e. The number of benzene rings is 1. The number of carbonyl (C=O) groups is 2. The molecule has 20 heavy (non-hydrogen) atoms. The summed E-state index contributed by atoms with van der Waals surface area (Å²) in [4.78, 5) is 23.0. The van der Waals surface area contributed by atoms with Crippen LogP contribution in [0.15, 0.2) is 22.8 Å². The normalized spacial score (nSPS) is 18.9. The molecule has 0 bridgehead atoms. The van der Waals surface area contributed by atoms with Gasteiger partial charge in [0.2, 0.25) is 11.8 Å². The van der Waals surface area contributed by atoms with E-state index in [1.54, 1.807) is 6.07 Å². The van der Waals surface area contributed by atoms with Gasteiger partial charge in [-0.15, -0.1) is 6.42 Å². The van der Waals surface area contributed by atoms with Crippen molar-refractivity contribution in [2.24, 2.45) is 0 Å². The van der Waals surface area contributed by atoms with Crippen LogP contribution < -0.4 is 5.32 Å². The first-order valence-electron chi connectivity index (χ1n) is 6.11. The number of furan rings is 1. The van der Waals surface area contributed by atoms with E-state index < -0.39 is 17.6 Å². The van der Waals surface area contributed by atoms with E-state index in [2.05, 4.69) is 11.2 Å². The van der Waals surface area contributed by atoms with Gasteiger partial charge >= 0.3 is 0 Å². The average molecular weight is 271 g/mol. The van der Waals surface area contributed by atoms with E-state index in [1.165, 1.54) is 12.3 Å². The molecule has 2 aromatic rings. The van der Waals surface area contributed by atoms with Crippen LogP contribution >= 0.6 is 0 Å². The van der Waals surface area contributed by atoms with Crippen molar-refractivity contribution in [2.75, 3.05) is 0 Å². The molecule has 5 heteroatoms. The maximum absolute atomic E-state index is 14.3. The Hall–Kier alpha value is -2.61. The molecule has 0 spiro atoms. The van der Waals surface area contributed by atoms with Crippen molar-refractivity contribution in [2.45, 2.75) is 18.8 Å². The monoisotopic (exact) mass is 271 g/mol. The summed E-state index contributed by atoms with van der Waals surface area (Å²) in [6.07, 6.45) is 7.15. The highest BCUT2D eigenvalue weighted by Crippen LogP contribution is 2.34. The minimum absolute atomic E-state index is 0.118. The third-order valence-corrected chi connectivity index (χ3v) is 3.48. The second kappa shape index (κ2) is 4.49. The fourth-order valence-electron chi connectivity index (χ4n) is 2.47. The Morgan fingerprint density at radius 2 is 2.20 bits per heavy atom. The molecule has 1 aliphatic heterocycles. The van der Waals surface area contributed by atoms with Gasteiger partial charge in [0, 0.05) is 12.0 Å². The smallest absolute Gasteiger partial charge is 0.234 e. The van der Waals surface area contributed by atoms with Crippen LogP contribution in [0.1, 0.15) is 29.9 Å². The topological polar surface area (TPSA) is 59.3 Å². The van der Waals surface area contributed by atoms with Crippen molar-refractivity contribution >= 4 is 22.8 Å². The standard InChI is InChI=1S/C15H10FNO3/c1-2-8-3-5-11-13(14(8)16)10(7-20-11)9-4-6-12(18)17-15(9)19/h1,3,5,7,9H,4,6H2,(H,17,18,19). The SMILES string of the molecule is C#Cc1ccc2occ(C3CCC(=O)NC3=O)c2c1F. The van der Waals surface area contributed by atoms with Crippen molar-refractivity contribution in [3.8, 4) is 12.3 Å². The van der Waals surface area contributed by atoms with Crippen LogP contribution in [0.25, 0.3) is 11.0 Å². The summed E-state index contributed by atoms with van der Waals surface area (Å²) in [5.41, 5.74) is 0.883. The van der Waals surface area contributed by atoms with Gasteiger partial charge in [-0.25, -0.2) is 4.39 Å². The third kappa shape index (κ3) is 1.77. The molecule has 0 radical (unpaired) electrons. The molecule has 4 nitrogen and oxygen atoms in total. The number of amides is 2. The highest BCUT2D eigenvalue weighted by atomic mass is 19.1. The molecule has 0 saturated carbocycles. The summed E-state index contributed by atoms with van der Waals surface area (Å²) in [5.74, 6) is 0.331. The molecular weight excluding hydrogens is 261 g/mol. The number of halogens is 1. The number of rotatable bonds is 1. The molecule has 1 atom stereocenters. The van der Waals surface area contributed by atoms with Gasteiger partial charge in [-0.3, -0.25) is 14.9 Å². The molecule has 1 saturated heterocycles. The van der Waals surface area contributed by atoms with Gasteiger partial charge < -0.3 is 4.42 Å². The molecule has 1 aromatic heterocycles. The first-order valence-corrected chi connectivity index (χ1v) is 6.11. The van der Waals surface area contributed by atoms with Gasteiger partial charge in [-0.05, 0) is 18.6 Å². The maximum Gasteiger partial charge on any atom is 0.234 e. The fourth-order valence-corrected chi connectivity index (χ4v) is 2.47. The van der Waals surface area contributed by atoms with Crippen LogP contribution in [0.2, 0.25) is 0 Å². The highest BCUT2D eigenvalue weighted by Gasteiger charge is 2.31. The van der Waals surface area contributed by atoms with Crippen LogP contribution in [0.3, 0.4) is 0 Å². The summed E-state index contributed by atoms with van der Waals surface area (Å²) in [5, 5.41) is 2.47. The van der Waals surface area contributed by atoms with Gasteiger partial charge in [0.25, 0.3) is 0 Å². The van der Waals surface area contributed by atoms with Crippen molar-refractivity contribution in [3.63, 3.8) is 0 Å². The van der Waals surface area contributed by atoms with Gasteiger partial charge in [-0.2, -0.15) is 0 Å². The number of terminal acetylenes is 1. The Kier molecular flexibility index (Phi) is 2.79. The van der Waals surface area contributed by atoms with Gasteiger partial charge in [-0.1, -0.05) is 5.92 Å². The first-order chi connectivity index (χ1) is 9.61. The van der Waals surface area contributed by atoms with Gasteiger partial charge in [0.15, 0.2) is 0 Å². The predicted molar refractivity (Wildman–Crippen MR) is 69.2 cm³/mol. The number of piperidine rings is 1. The summed E-state index contributed by atoms with van der Waals surface area (Å²) in [6, 6.07) is 3.03. The molecule has 1 unspecified atom stereocenters. The molecule has 1 fully saturated rings. The maximum atomic E-state index is 14.3. The Morgan fingerprint density at radius 3 is 2.90 bits per heavy atom. The van der Waals surface area contributed by atoms with E-state index in [0.29, 0.717) is 17.6 Å². The fraction of sp³-hybridized carbons (Fsp3) is 0.200. The largest absolute Gasteiger partial charge is 0.464 e. The van der Waals surface area contributed by atoms with Crippen LogP contribution in [-0.4, -0.2) is 11.8 Å². The van der Waals surface area contributed by atoms with E-state index >= 15 is 0 Å². The zero-order valence-electron chi connectivity index (χ0n) is 10.4. The van der Waals surface area contributed by atoms with Crippen LogP contribution in [0, 0.1) is 18.2 Å². The lowest BCUT2D eigenvalue weighted by Gasteiger charge is -2.20. The quantitative estimate of drug-likeness (QED) is 0.638. The second-order valence-electron chi connectivity index (χ2n) is 4.64. The first kappa shape index (κ1) is 12.4. The van der Waals surface area contributed by atoms with E-state index in [0.717, 1.165) is 0 Å². The van der Waals surface area contributed by atoms with Gasteiger partial charge in [0.1, 0.15) is 11.4 Å².